The van der Waals surface area contributed by atoms with Crippen molar-refractivity contribution in [3.63, 3.8) is 0 Å². The maximum Gasteiger partial charge on any atom is 0.166 e. The number of halogens is 3. The topological polar surface area (TPSA) is 21.3 Å². The van der Waals surface area contributed by atoms with Gasteiger partial charge in [-0.15, -0.1) is 0 Å². The van der Waals surface area contributed by atoms with Gasteiger partial charge in [0.15, 0.2) is 11.6 Å². The van der Waals surface area contributed by atoms with Gasteiger partial charge in [0.1, 0.15) is 5.75 Å². The van der Waals surface area contributed by atoms with Gasteiger partial charge in [0.25, 0.3) is 0 Å². The van der Waals surface area contributed by atoms with Gasteiger partial charge in [-0.05, 0) is 42.9 Å². The minimum Gasteiger partial charge on any atom is -0.453 e. The van der Waals surface area contributed by atoms with E-state index in [0.29, 0.717) is 21.8 Å². The van der Waals surface area contributed by atoms with Crippen LogP contribution in [0.25, 0.3) is 0 Å². The van der Waals surface area contributed by atoms with Gasteiger partial charge in [-0.25, -0.2) is 4.39 Å². The average Bonchev–Trinajstić information content (AvgIpc) is 2.36. The second kappa shape index (κ2) is 6.37. The minimum atomic E-state index is -0.440. The lowest BCUT2D eigenvalue weighted by Gasteiger charge is -2.10. The van der Waals surface area contributed by atoms with E-state index < -0.39 is 5.82 Å². The van der Waals surface area contributed by atoms with E-state index in [1.807, 2.05) is 13.1 Å². The lowest BCUT2D eigenvalue weighted by Crippen LogP contribution is -2.04. The summed E-state index contributed by atoms with van der Waals surface area (Å²) >= 11 is 9.31. The highest BCUT2D eigenvalue weighted by Crippen LogP contribution is 2.32. The van der Waals surface area contributed by atoms with Gasteiger partial charge in [0.2, 0.25) is 0 Å². The first kappa shape index (κ1) is 14.3. The monoisotopic (exact) mass is 343 g/mol. The summed E-state index contributed by atoms with van der Waals surface area (Å²) in [6.45, 7) is 0.715. The van der Waals surface area contributed by atoms with Gasteiger partial charge in [0.05, 0.1) is 5.02 Å². The van der Waals surface area contributed by atoms with Gasteiger partial charge in [-0.2, -0.15) is 0 Å². The van der Waals surface area contributed by atoms with E-state index in [-0.39, 0.29) is 5.75 Å². The van der Waals surface area contributed by atoms with Crippen molar-refractivity contribution in [3.05, 3.63) is 57.3 Å². The molecule has 19 heavy (non-hydrogen) atoms. The fourth-order valence-corrected chi connectivity index (χ4v) is 2.19. The molecule has 0 aliphatic heterocycles. The fourth-order valence-electron chi connectivity index (χ4n) is 1.62. The third-order valence-corrected chi connectivity index (χ3v) is 3.28. The molecule has 2 rings (SSSR count). The molecular formula is C14H12BrClFNO. The van der Waals surface area contributed by atoms with E-state index in [0.717, 1.165) is 5.56 Å². The zero-order chi connectivity index (χ0) is 13.8. The molecule has 0 unspecified atom stereocenters. The van der Waals surface area contributed by atoms with Gasteiger partial charge in [-0.3, -0.25) is 0 Å². The Morgan fingerprint density at radius 1 is 1.21 bits per heavy atom. The molecule has 0 amide bonds. The Kier molecular flexibility index (Phi) is 4.80. The molecule has 2 nitrogen and oxygen atoms in total. The highest BCUT2D eigenvalue weighted by Gasteiger charge is 2.08. The standard InChI is InChI=1S/C14H12BrClFNO/c1-18-8-9-2-4-13(11(16)6-9)19-14-5-3-10(15)7-12(14)17/h2-7,18H,8H2,1H3. The SMILES string of the molecule is CNCc1ccc(Oc2ccc(Br)cc2F)c(Cl)c1. The van der Waals surface area contributed by atoms with Crippen molar-refractivity contribution in [1.29, 1.82) is 0 Å². The van der Waals surface area contributed by atoms with Crippen LogP contribution in [0.3, 0.4) is 0 Å². The fraction of sp³-hybridized carbons (Fsp3) is 0.143. The maximum absolute atomic E-state index is 13.7. The molecule has 0 aliphatic rings. The van der Waals surface area contributed by atoms with Crippen LogP contribution in [0.1, 0.15) is 5.56 Å². The number of nitrogens with one attached hydrogen (secondary N) is 1. The Labute approximate surface area is 124 Å². The van der Waals surface area contributed by atoms with E-state index >= 15 is 0 Å². The molecule has 100 valence electrons. The first-order valence-corrected chi connectivity index (χ1v) is 6.83. The quantitative estimate of drug-likeness (QED) is 0.864. The summed E-state index contributed by atoms with van der Waals surface area (Å²) in [6.07, 6.45) is 0. The Balaban J connectivity index is 2.23. The number of rotatable bonds is 4. The first-order chi connectivity index (χ1) is 9.10. The molecule has 2 aromatic carbocycles. The molecule has 0 radical (unpaired) electrons. The van der Waals surface area contributed by atoms with E-state index in [2.05, 4.69) is 21.2 Å². The third kappa shape index (κ3) is 3.69. The molecule has 0 saturated heterocycles. The van der Waals surface area contributed by atoms with Crippen LogP contribution >= 0.6 is 27.5 Å². The summed E-state index contributed by atoms with van der Waals surface area (Å²) in [7, 11) is 1.86. The van der Waals surface area contributed by atoms with Crippen LogP contribution in [-0.2, 0) is 6.54 Å². The predicted octanol–water partition coefficient (Wildman–Crippen LogP) is 4.75. The summed E-state index contributed by atoms with van der Waals surface area (Å²) in [6, 6.07) is 10.0. The number of benzene rings is 2. The number of hydrogen-bond donors (Lipinski definition) is 1. The normalized spacial score (nSPS) is 10.5. The lowest BCUT2D eigenvalue weighted by atomic mass is 10.2. The highest BCUT2D eigenvalue weighted by molar-refractivity contribution is 9.10. The number of hydrogen-bond acceptors (Lipinski definition) is 2. The molecule has 0 aromatic heterocycles. The Bertz CT molecular complexity index is 592. The van der Waals surface area contributed by atoms with Gasteiger partial charge >= 0.3 is 0 Å². The Morgan fingerprint density at radius 3 is 2.58 bits per heavy atom. The first-order valence-electron chi connectivity index (χ1n) is 5.66. The highest BCUT2D eigenvalue weighted by atomic mass is 79.9. The van der Waals surface area contributed by atoms with Crippen LogP contribution < -0.4 is 10.1 Å². The van der Waals surface area contributed by atoms with Crippen LogP contribution in [-0.4, -0.2) is 7.05 Å². The average molecular weight is 345 g/mol. The molecule has 0 fully saturated rings. The molecule has 0 atom stereocenters. The summed E-state index contributed by atoms with van der Waals surface area (Å²) in [5.41, 5.74) is 1.04. The van der Waals surface area contributed by atoms with Crippen molar-refractivity contribution in [2.45, 2.75) is 6.54 Å². The van der Waals surface area contributed by atoms with Crippen LogP contribution in [0.5, 0.6) is 11.5 Å². The predicted molar refractivity (Wildman–Crippen MR) is 78.4 cm³/mol. The van der Waals surface area contributed by atoms with E-state index in [1.54, 1.807) is 24.3 Å². The van der Waals surface area contributed by atoms with Crippen molar-refractivity contribution < 1.29 is 9.13 Å². The van der Waals surface area contributed by atoms with Crippen molar-refractivity contribution in [2.24, 2.45) is 0 Å². The van der Waals surface area contributed by atoms with Crippen LogP contribution in [0, 0.1) is 5.82 Å². The molecule has 5 heteroatoms. The lowest BCUT2D eigenvalue weighted by molar-refractivity contribution is 0.442. The molecule has 0 aliphatic carbocycles. The van der Waals surface area contributed by atoms with Crippen LogP contribution in [0.4, 0.5) is 4.39 Å². The van der Waals surface area contributed by atoms with Gasteiger partial charge < -0.3 is 10.1 Å². The second-order valence-electron chi connectivity index (χ2n) is 3.97. The zero-order valence-electron chi connectivity index (χ0n) is 10.2. The molecular weight excluding hydrogens is 333 g/mol. The van der Waals surface area contributed by atoms with Gasteiger partial charge in [0, 0.05) is 11.0 Å². The Hall–Kier alpha value is -1.10. The molecule has 0 saturated carbocycles. The van der Waals surface area contributed by atoms with Crippen molar-refractivity contribution in [1.82, 2.24) is 5.32 Å². The maximum atomic E-state index is 13.7. The molecule has 0 heterocycles. The second-order valence-corrected chi connectivity index (χ2v) is 5.29. The molecule has 1 N–H and O–H groups in total. The van der Waals surface area contributed by atoms with E-state index in [4.69, 9.17) is 16.3 Å². The largest absolute Gasteiger partial charge is 0.453 e. The van der Waals surface area contributed by atoms with Crippen molar-refractivity contribution in [3.8, 4) is 11.5 Å². The van der Waals surface area contributed by atoms with Gasteiger partial charge in [-0.1, -0.05) is 33.6 Å². The summed E-state index contributed by atoms with van der Waals surface area (Å²) < 4.78 is 19.8. The van der Waals surface area contributed by atoms with E-state index in [1.165, 1.54) is 6.07 Å². The summed E-state index contributed by atoms with van der Waals surface area (Å²) in [5, 5.41) is 3.48. The molecule has 0 spiro atoms. The van der Waals surface area contributed by atoms with Crippen LogP contribution in [0.2, 0.25) is 5.02 Å². The number of ether oxygens (including phenoxy) is 1. The summed E-state index contributed by atoms with van der Waals surface area (Å²) in [5.74, 6) is 0.138. The van der Waals surface area contributed by atoms with Crippen molar-refractivity contribution in [2.75, 3.05) is 7.05 Å². The minimum absolute atomic E-state index is 0.145. The third-order valence-electron chi connectivity index (χ3n) is 2.49. The zero-order valence-corrected chi connectivity index (χ0v) is 12.6. The smallest absolute Gasteiger partial charge is 0.166 e. The van der Waals surface area contributed by atoms with Crippen molar-refractivity contribution >= 4 is 27.5 Å². The molecule has 2 aromatic rings. The van der Waals surface area contributed by atoms with Crippen LogP contribution in [0.15, 0.2) is 40.9 Å². The Morgan fingerprint density at radius 2 is 1.95 bits per heavy atom. The summed E-state index contributed by atoms with van der Waals surface area (Å²) in [4.78, 5) is 0. The van der Waals surface area contributed by atoms with E-state index in [9.17, 15) is 4.39 Å². The molecule has 0 bridgehead atoms.